The molecule has 17 heavy (non-hydrogen) atoms. The van der Waals surface area contributed by atoms with Crippen molar-refractivity contribution in [2.45, 2.75) is 19.3 Å². The highest BCUT2D eigenvalue weighted by Crippen LogP contribution is 2.28. The van der Waals surface area contributed by atoms with E-state index in [0.29, 0.717) is 5.92 Å². The van der Waals surface area contributed by atoms with Gasteiger partial charge in [0.25, 0.3) is 0 Å². The first-order chi connectivity index (χ1) is 8.16. The fourth-order valence-corrected chi connectivity index (χ4v) is 2.27. The zero-order valence-electron chi connectivity index (χ0n) is 9.56. The minimum Gasteiger partial charge on any atom is -0.502 e. The van der Waals surface area contributed by atoms with Gasteiger partial charge in [-0.15, -0.1) is 0 Å². The quantitative estimate of drug-likeness (QED) is 0.620. The zero-order chi connectivity index (χ0) is 12.3. The van der Waals surface area contributed by atoms with Gasteiger partial charge in [-0.25, -0.2) is 0 Å². The van der Waals surface area contributed by atoms with E-state index >= 15 is 0 Å². The number of nitrogens with zero attached hydrogens (tertiary/aromatic N) is 1. The summed E-state index contributed by atoms with van der Waals surface area (Å²) in [5.41, 5.74) is 0.749. The van der Waals surface area contributed by atoms with Gasteiger partial charge in [-0.1, -0.05) is 6.07 Å². The molecular weight excluding hydrogens is 220 g/mol. The van der Waals surface area contributed by atoms with Crippen molar-refractivity contribution in [1.29, 1.82) is 0 Å². The zero-order valence-corrected chi connectivity index (χ0v) is 9.56. The van der Waals surface area contributed by atoms with E-state index in [4.69, 9.17) is 0 Å². The fraction of sp³-hybridized carbons (Fsp3) is 0.500. The Hall–Kier alpha value is -1.62. The number of benzene rings is 1. The second kappa shape index (κ2) is 5.14. The van der Waals surface area contributed by atoms with E-state index in [-0.39, 0.29) is 11.4 Å². The average molecular weight is 236 g/mol. The Balaban J connectivity index is 2.06. The van der Waals surface area contributed by atoms with Crippen molar-refractivity contribution in [3.8, 4) is 5.75 Å². The van der Waals surface area contributed by atoms with Crippen LogP contribution >= 0.6 is 0 Å². The number of hydrogen-bond donors (Lipinski definition) is 2. The van der Waals surface area contributed by atoms with Gasteiger partial charge in [-0.05, 0) is 49.9 Å². The molecule has 1 saturated heterocycles. The molecule has 0 aromatic heterocycles. The van der Waals surface area contributed by atoms with E-state index in [1.807, 2.05) is 0 Å². The summed E-state index contributed by atoms with van der Waals surface area (Å²) in [6.45, 7) is 2.06. The molecule has 0 atom stereocenters. The van der Waals surface area contributed by atoms with Gasteiger partial charge in [-0.2, -0.15) is 0 Å². The molecule has 1 heterocycles. The van der Waals surface area contributed by atoms with E-state index in [1.54, 1.807) is 6.07 Å². The van der Waals surface area contributed by atoms with Gasteiger partial charge in [0.2, 0.25) is 0 Å². The van der Waals surface area contributed by atoms with Gasteiger partial charge < -0.3 is 10.4 Å². The van der Waals surface area contributed by atoms with Crippen LogP contribution in [0, 0.1) is 16.0 Å². The first-order valence-electron chi connectivity index (χ1n) is 5.84. The summed E-state index contributed by atoms with van der Waals surface area (Å²) in [7, 11) is 0. The van der Waals surface area contributed by atoms with E-state index in [0.717, 1.165) is 37.9 Å². The average Bonchev–Trinajstić information content (AvgIpc) is 2.30. The van der Waals surface area contributed by atoms with Crippen LogP contribution in [0.4, 0.5) is 5.69 Å². The highest BCUT2D eigenvalue weighted by molar-refractivity contribution is 5.47. The summed E-state index contributed by atoms with van der Waals surface area (Å²) in [4.78, 5) is 9.99. The molecule has 0 saturated carbocycles. The van der Waals surface area contributed by atoms with Crippen molar-refractivity contribution in [3.63, 3.8) is 0 Å². The Morgan fingerprint density at radius 1 is 1.41 bits per heavy atom. The Morgan fingerprint density at radius 2 is 2.12 bits per heavy atom. The standard InChI is InChI=1S/C12H16N2O3/c15-12-8-10(1-2-11(12)14(16)17)7-9-3-5-13-6-4-9/h1-2,8-9,13,15H,3-7H2. The molecule has 0 bridgehead atoms. The number of piperidine rings is 1. The minimum absolute atomic E-state index is 0.223. The largest absolute Gasteiger partial charge is 0.502 e. The Labute approximate surface area is 99.6 Å². The molecule has 0 aliphatic carbocycles. The predicted octanol–water partition coefficient (Wildman–Crippen LogP) is 1.84. The number of rotatable bonds is 3. The third kappa shape index (κ3) is 2.94. The molecule has 0 unspecified atom stereocenters. The molecule has 5 nitrogen and oxygen atoms in total. The fourth-order valence-electron chi connectivity index (χ4n) is 2.27. The second-order valence-corrected chi connectivity index (χ2v) is 4.48. The van der Waals surface area contributed by atoms with Crippen molar-refractivity contribution < 1.29 is 10.0 Å². The summed E-state index contributed by atoms with van der Waals surface area (Å²) < 4.78 is 0. The molecule has 0 amide bonds. The third-order valence-electron chi connectivity index (χ3n) is 3.22. The maximum atomic E-state index is 10.6. The normalized spacial score (nSPS) is 16.9. The first-order valence-corrected chi connectivity index (χ1v) is 5.84. The van der Waals surface area contributed by atoms with Crippen molar-refractivity contribution in [2.75, 3.05) is 13.1 Å². The van der Waals surface area contributed by atoms with Crippen LogP contribution in [0.25, 0.3) is 0 Å². The topological polar surface area (TPSA) is 75.4 Å². The number of aromatic hydroxyl groups is 1. The van der Waals surface area contributed by atoms with Crippen LogP contribution in [0.3, 0.4) is 0 Å². The number of nitrogens with one attached hydrogen (secondary N) is 1. The van der Waals surface area contributed by atoms with Gasteiger partial charge in [0.15, 0.2) is 5.75 Å². The molecule has 1 aliphatic rings. The number of nitro benzene ring substituents is 1. The number of phenolic OH excluding ortho intramolecular Hbond substituents is 1. The second-order valence-electron chi connectivity index (χ2n) is 4.48. The van der Waals surface area contributed by atoms with Gasteiger partial charge >= 0.3 is 5.69 Å². The lowest BCUT2D eigenvalue weighted by Crippen LogP contribution is -2.28. The monoisotopic (exact) mass is 236 g/mol. The molecule has 92 valence electrons. The van der Waals surface area contributed by atoms with Crippen LogP contribution in [-0.2, 0) is 6.42 Å². The maximum Gasteiger partial charge on any atom is 0.310 e. The lowest BCUT2D eigenvalue weighted by atomic mass is 9.91. The summed E-state index contributed by atoms with van der Waals surface area (Å²) in [6, 6.07) is 4.63. The summed E-state index contributed by atoms with van der Waals surface area (Å²) in [6.07, 6.45) is 3.13. The Kier molecular flexibility index (Phi) is 3.58. The summed E-state index contributed by atoms with van der Waals surface area (Å²) in [5.74, 6) is 0.374. The number of nitro groups is 1. The predicted molar refractivity (Wildman–Crippen MR) is 64.1 cm³/mol. The summed E-state index contributed by atoms with van der Waals surface area (Å²) in [5, 5.41) is 23.4. The SMILES string of the molecule is O=[N+]([O-])c1ccc(CC2CCNCC2)cc1O. The van der Waals surface area contributed by atoms with E-state index in [1.165, 1.54) is 12.1 Å². The van der Waals surface area contributed by atoms with Crippen LogP contribution in [-0.4, -0.2) is 23.1 Å². The first kappa shape index (κ1) is 11.9. The molecular formula is C12H16N2O3. The van der Waals surface area contributed by atoms with Gasteiger partial charge in [0.1, 0.15) is 0 Å². The van der Waals surface area contributed by atoms with Crippen LogP contribution in [0.15, 0.2) is 18.2 Å². The molecule has 0 spiro atoms. The van der Waals surface area contributed by atoms with Crippen LogP contribution in [0.5, 0.6) is 5.75 Å². The molecule has 1 aliphatic heterocycles. The van der Waals surface area contributed by atoms with Crippen LogP contribution in [0.2, 0.25) is 0 Å². The summed E-state index contributed by atoms with van der Waals surface area (Å²) >= 11 is 0. The lowest BCUT2D eigenvalue weighted by molar-refractivity contribution is -0.385. The highest BCUT2D eigenvalue weighted by Gasteiger charge is 2.17. The van der Waals surface area contributed by atoms with Crippen molar-refractivity contribution in [1.82, 2.24) is 5.32 Å². The molecule has 1 aromatic rings. The van der Waals surface area contributed by atoms with Crippen molar-refractivity contribution in [3.05, 3.63) is 33.9 Å². The molecule has 2 rings (SSSR count). The number of phenols is 1. The lowest BCUT2D eigenvalue weighted by Gasteiger charge is -2.22. The molecule has 5 heteroatoms. The molecule has 2 N–H and O–H groups in total. The van der Waals surface area contributed by atoms with Crippen LogP contribution in [0.1, 0.15) is 18.4 Å². The van der Waals surface area contributed by atoms with Crippen molar-refractivity contribution >= 4 is 5.69 Å². The van der Waals surface area contributed by atoms with Crippen LogP contribution < -0.4 is 5.32 Å². The highest BCUT2D eigenvalue weighted by atomic mass is 16.6. The van der Waals surface area contributed by atoms with E-state index in [9.17, 15) is 15.2 Å². The van der Waals surface area contributed by atoms with Gasteiger partial charge in [0.05, 0.1) is 4.92 Å². The minimum atomic E-state index is -0.566. The molecule has 0 radical (unpaired) electrons. The molecule has 1 fully saturated rings. The smallest absolute Gasteiger partial charge is 0.310 e. The van der Waals surface area contributed by atoms with Gasteiger partial charge in [-0.3, -0.25) is 10.1 Å². The van der Waals surface area contributed by atoms with E-state index < -0.39 is 4.92 Å². The van der Waals surface area contributed by atoms with Gasteiger partial charge in [0, 0.05) is 6.07 Å². The Morgan fingerprint density at radius 3 is 2.71 bits per heavy atom. The number of hydrogen-bond acceptors (Lipinski definition) is 4. The maximum absolute atomic E-state index is 10.6. The molecule has 1 aromatic carbocycles. The Bertz CT molecular complexity index is 414. The van der Waals surface area contributed by atoms with E-state index in [2.05, 4.69) is 5.32 Å². The van der Waals surface area contributed by atoms with Crippen molar-refractivity contribution in [2.24, 2.45) is 5.92 Å². The third-order valence-corrected chi connectivity index (χ3v) is 3.22.